The summed E-state index contributed by atoms with van der Waals surface area (Å²) < 4.78 is 0.732. The fourth-order valence-corrected chi connectivity index (χ4v) is 2.64. The SMILES string of the molecule is IC12C=CC(I)(C=C1)CC2. The Morgan fingerprint density at radius 3 is 1.30 bits per heavy atom. The van der Waals surface area contributed by atoms with Crippen molar-refractivity contribution in [1.29, 1.82) is 0 Å². The smallest absolute Gasteiger partial charge is 0.0582 e. The van der Waals surface area contributed by atoms with Gasteiger partial charge in [0.25, 0.3) is 0 Å². The molecule has 0 saturated carbocycles. The van der Waals surface area contributed by atoms with Crippen LogP contribution in [0.25, 0.3) is 0 Å². The van der Waals surface area contributed by atoms with Crippen LogP contribution in [0, 0.1) is 0 Å². The van der Waals surface area contributed by atoms with Crippen molar-refractivity contribution in [2.75, 3.05) is 0 Å². The van der Waals surface area contributed by atoms with Crippen LogP contribution in [0.1, 0.15) is 12.8 Å². The van der Waals surface area contributed by atoms with Crippen LogP contribution in [0.3, 0.4) is 0 Å². The van der Waals surface area contributed by atoms with Gasteiger partial charge in [-0.1, -0.05) is 69.5 Å². The first kappa shape index (κ1) is 7.58. The number of allylic oxidation sites excluding steroid dienone is 4. The molecule has 0 radical (unpaired) electrons. The Bertz CT molecular complexity index is 179. The van der Waals surface area contributed by atoms with Gasteiger partial charge in [-0.25, -0.2) is 0 Å². The molecule has 0 amide bonds. The lowest BCUT2D eigenvalue weighted by Crippen LogP contribution is -2.32. The van der Waals surface area contributed by atoms with Crippen molar-refractivity contribution in [3.8, 4) is 0 Å². The molecule has 0 aromatic carbocycles. The standard InChI is InChI=1S/C8H8I2/c9-7-1-2-8(10,5-3-7)6-4-7/h1-3,5H,4,6H2. The van der Waals surface area contributed by atoms with E-state index in [1.165, 1.54) is 12.8 Å². The first-order valence-electron chi connectivity index (χ1n) is 3.41. The zero-order valence-electron chi connectivity index (χ0n) is 5.48. The van der Waals surface area contributed by atoms with Crippen molar-refractivity contribution in [2.24, 2.45) is 0 Å². The van der Waals surface area contributed by atoms with E-state index >= 15 is 0 Å². The molecule has 3 aliphatic carbocycles. The first-order chi connectivity index (χ1) is 4.62. The third-order valence-electron chi connectivity index (χ3n) is 2.17. The molecule has 0 nitrogen and oxygen atoms in total. The second kappa shape index (κ2) is 2.21. The number of fused-ring (bicyclic) bond motifs is 1. The molecule has 3 rings (SSSR count). The molecule has 0 aromatic rings. The summed E-state index contributed by atoms with van der Waals surface area (Å²) in [7, 11) is 0. The van der Waals surface area contributed by atoms with Crippen molar-refractivity contribution >= 4 is 45.2 Å². The van der Waals surface area contributed by atoms with Crippen molar-refractivity contribution in [3.05, 3.63) is 24.3 Å². The van der Waals surface area contributed by atoms with Crippen molar-refractivity contribution in [1.82, 2.24) is 0 Å². The Morgan fingerprint density at radius 2 is 1.10 bits per heavy atom. The van der Waals surface area contributed by atoms with Crippen LogP contribution in [0.15, 0.2) is 24.3 Å². The molecule has 10 heavy (non-hydrogen) atoms. The van der Waals surface area contributed by atoms with Crippen LogP contribution >= 0.6 is 45.2 Å². The minimum Gasteiger partial charge on any atom is -0.0697 e. The Balaban J connectivity index is 2.42. The summed E-state index contributed by atoms with van der Waals surface area (Å²) in [6.45, 7) is 0. The summed E-state index contributed by atoms with van der Waals surface area (Å²) in [6, 6.07) is 0. The van der Waals surface area contributed by atoms with Crippen molar-refractivity contribution in [2.45, 2.75) is 19.7 Å². The van der Waals surface area contributed by atoms with Gasteiger partial charge in [0.2, 0.25) is 0 Å². The minimum atomic E-state index is 0.366. The van der Waals surface area contributed by atoms with E-state index < -0.39 is 0 Å². The highest BCUT2D eigenvalue weighted by Gasteiger charge is 2.36. The van der Waals surface area contributed by atoms with Crippen LogP contribution in [-0.4, -0.2) is 6.84 Å². The van der Waals surface area contributed by atoms with Gasteiger partial charge in [-0.2, -0.15) is 0 Å². The lowest BCUT2D eigenvalue weighted by Gasteiger charge is -2.37. The maximum Gasteiger partial charge on any atom is 0.0582 e. The van der Waals surface area contributed by atoms with Crippen LogP contribution in [0.5, 0.6) is 0 Å². The second-order valence-corrected chi connectivity index (χ2v) is 7.04. The van der Waals surface area contributed by atoms with Gasteiger partial charge in [-0.15, -0.1) is 0 Å². The summed E-state index contributed by atoms with van der Waals surface area (Å²) in [5.41, 5.74) is 0. The Hall–Kier alpha value is 0.940. The monoisotopic (exact) mass is 358 g/mol. The quantitative estimate of drug-likeness (QED) is 0.354. The van der Waals surface area contributed by atoms with E-state index in [2.05, 4.69) is 69.5 Å². The molecule has 0 aliphatic heterocycles. The van der Waals surface area contributed by atoms with Crippen LogP contribution in [0.4, 0.5) is 0 Å². The zero-order chi connectivity index (χ0) is 7.24. The maximum atomic E-state index is 2.52. The highest BCUT2D eigenvalue weighted by Crippen LogP contribution is 2.46. The van der Waals surface area contributed by atoms with Gasteiger partial charge in [0.15, 0.2) is 0 Å². The Labute approximate surface area is 88.4 Å². The average molecular weight is 358 g/mol. The molecule has 0 heterocycles. The molecule has 54 valence electrons. The van der Waals surface area contributed by atoms with Crippen LogP contribution < -0.4 is 0 Å². The number of hydrogen-bond acceptors (Lipinski definition) is 0. The van der Waals surface area contributed by atoms with E-state index in [0.29, 0.717) is 6.84 Å². The molecule has 0 spiro atoms. The lowest BCUT2D eigenvalue weighted by atomic mass is 9.82. The number of alkyl halides is 2. The molecular weight excluding hydrogens is 350 g/mol. The van der Waals surface area contributed by atoms with Gasteiger partial charge in [-0.3, -0.25) is 0 Å². The van der Waals surface area contributed by atoms with Gasteiger partial charge in [0, 0.05) is 0 Å². The van der Waals surface area contributed by atoms with E-state index in [-0.39, 0.29) is 0 Å². The molecule has 2 bridgehead atoms. The van der Waals surface area contributed by atoms with Gasteiger partial charge >= 0.3 is 0 Å². The molecular formula is C8H8I2. The predicted molar refractivity (Wildman–Crippen MR) is 61.0 cm³/mol. The van der Waals surface area contributed by atoms with Crippen LogP contribution in [-0.2, 0) is 0 Å². The van der Waals surface area contributed by atoms with Crippen molar-refractivity contribution in [3.63, 3.8) is 0 Å². The number of halogens is 2. The largest absolute Gasteiger partial charge is 0.0697 e. The summed E-state index contributed by atoms with van der Waals surface area (Å²) in [6.07, 6.45) is 12.0. The second-order valence-electron chi connectivity index (χ2n) is 3.02. The maximum absolute atomic E-state index is 2.52. The molecule has 2 heteroatoms. The molecule has 0 N–H and O–H groups in total. The summed E-state index contributed by atoms with van der Waals surface area (Å²) in [5.74, 6) is 0. The number of hydrogen-bond donors (Lipinski definition) is 0. The van der Waals surface area contributed by atoms with E-state index in [0.717, 1.165) is 0 Å². The van der Waals surface area contributed by atoms with E-state index in [1.807, 2.05) is 0 Å². The highest BCUT2D eigenvalue weighted by atomic mass is 127. The third kappa shape index (κ3) is 1.17. The van der Waals surface area contributed by atoms with Crippen molar-refractivity contribution < 1.29 is 0 Å². The lowest BCUT2D eigenvalue weighted by molar-refractivity contribution is 0.617. The summed E-state index contributed by atoms with van der Waals surface area (Å²) in [5, 5.41) is 0. The van der Waals surface area contributed by atoms with Gasteiger partial charge in [0.05, 0.1) is 6.84 Å². The minimum absolute atomic E-state index is 0.366. The van der Waals surface area contributed by atoms with Gasteiger partial charge in [-0.05, 0) is 12.8 Å². The molecule has 3 aliphatic rings. The average Bonchev–Trinajstić information content (AvgIpc) is 1.93. The fraction of sp³-hybridized carbons (Fsp3) is 0.500. The molecule has 0 saturated heterocycles. The number of rotatable bonds is 0. The van der Waals surface area contributed by atoms with Gasteiger partial charge < -0.3 is 0 Å². The Kier molecular flexibility index (Phi) is 1.68. The zero-order valence-corrected chi connectivity index (χ0v) is 9.79. The Morgan fingerprint density at radius 1 is 0.800 bits per heavy atom. The van der Waals surface area contributed by atoms with E-state index in [4.69, 9.17) is 0 Å². The van der Waals surface area contributed by atoms with E-state index in [1.54, 1.807) is 0 Å². The predicted octanol–water partition coefficient (Wildman–Crippen LogP) is 3.25. The first-order valence-corrected chi connectivity index (χ1v) is 5.56. The molecule has 0 fully saturated rings. The fourth-order valence-electron chi connectivity index (χ4n) is 1.38. The highest BCUT2D eigenvalue weighted by molar-refractivity contribution is 14.1. The van der Waals surface area contributed by atoms with E-state index in [9.17, 15) is 0 Å². The normalized spacial score (nSPS) is 50.2. The van der Waals surface area contributed by atoms with Gasteiger partial charge in [0.1, 0.15) is 0 Å². The summed E-state index contributed by atoms with van der Waals surface area (Å²) >= 11 is 5.04. The molecule has 0 atom stereocenters. The molecule has 0 unspecified atom stereocenters. The molecule has 0 aromatic heterocycles. The topological polar surface area (TPSA) is 0 Å². The van der Waals surface area contributed by atoms with Crippen LogP contribution in [0.2, 0.25) is 0 Å². The summed E-state index contributed by atoms with van der Waals surface area (Å²) in [4.78, 5) is 0. The third-order valence-corrected chi connectivity index (χ3v) is 4.68.